The molecule has 92 valence electrons. The highest BCUT2D eigenvalue weighted by molar-refractivity contribution is 5.82. The molecule has 0 aromatic carbocycles. The van der Waals surface area contributed by atoms with Crippen LogP contribution in [-0.4, -0.2) is 42.9 Å². The molecule has 0 bridgehead atoms. The molecule has 0 aliphatic heterocycles. The first kappa shape index (κ1) is 14.4. The lowest BCUT2D eigenvalue weighted by Gasteiger charge is -2.15. The standard InChI is InChI=1S/C10H18N2O4/c1-4-5-8(9(13)14)12-10(15)11-6-7(2)16-3/h4,7-8H,1,5-6H2,2-3H3,(H,13,14)(H2,11,12,15). The van der Waals surface area contributed by atoms with Crippen LogP contribution in [-0.2, 0) is 9.53 Å². The first-order valence-electron chi connectivity index (χ1n) is 4.92. The number of carbonyl (C=O) groups is 2. The Morgan fingerprint density at radius 2 is 2.19 bits per heavy atom. The molecule has 2 amide bonds. The van der Waals surface area contributed by atoms with E-state index in [-0.39, 0.29) is 12.5 Å². The van der Waals surface area contributed by atoms with Crippen LogP contribution in [0.5, 0.6) is 0 Å². The number of rotatable bonds is 7. The van der Waals surface area contributed by atoms with E-state index in [1.807, 2.05) is 0 Å². The molecule has 0 rings (SSSR count). The zero-order valence-electron chi connectivity index (χ0n) is 9.53. The largest absolute Gasteiger partial charge is 0.480 e. The van der Waals surface area contributed by atoms with Crippen molar-refractivity contribution in [2.45, 2.75) is 25.5 Å². The minimum Gasteiger partial charge on any atom is -0.480 e. The van der Waals surface area contributed by atoms with E-state index in [2.05, 4.69) is 17.2 Å². The number of hydrogen-bond acceptors (Lipinski definition) is 3. The smallest absolute Gasteiger partial charge is 0.326 e. The topological polar surface area (TPSA) is 87.7 Å². The van der Waals surface area contributed by atoms with Crippen molar-refractivity contribution in [3.63, 3.8) is 0 Å². The molecule has 3 N–H and O–H groups in total. The number of urea groups is 1. The lowest BCUT2D eigenvalue weighted by molar-refractivity contribution is -0.139. The van der Waals surface area contributed by atoms with Crippen LogP contribution >= 0.6 is 0 Å². The maximum Gasteiger partial charge on any atom is 0.326 e. The fraction of sp³-hybridized carbons (Fsp3) is 0.600. The van der Waals surface area contributed by atoms with E-state index < -0.39 is 18.0 Å². The molecule has 0 saturated heterocycles. The summed E-state index contributed by atoms with van der Waals surface area (Å²) in [5.74, 6) is -1.09. The second-order valence-corrected chi connectivity index (χ2v) is 3.32. The number of carboxylic acids is 1. The van der Waals surface area contributed by atoms with E-state index in [1.54, 1.807) is 6.92 Å². The molecule has 16 heavy (non-hydrogen) atoms. The fourth-order valence-electron chi connectivity index (χ4n) is 0.917. The van der Waals surface area contributed by atoms with Crippen molar-refractivity contribution in [2.24, 2.45) is 0 Å². The molecule has 0 aliphatic rings. The van der Waals surface area contributed by atoms with Gasteiger partial charge >= 0.3 is 12.0 Å². The quantitative estimate of drug-likeness (QED) is 0.551. The van der Waals surface area contributed by atoms with Gasteiger partial charge in [-0.2, -0.15) is 0 Å². The number of carbonyl (C=O) groups excluding carboxylic acids is 1. The molecule has 2 unspecified atom stereocenters. The van der Waals surface area contributed by atoms with Crippen molar-refractivity contribution in [2.75, 3.05) is 13.7 Å². The van der Waals surface area contributed by atoms with E-state index in [9.17, 15) is 9.59 Å². The molecule has 0 saturated carbocycles. The third kappa shape index (κ3) is 6.02. The summed E-state index contributed by atoms with van der Waals surface area (Å²) in [6.07, 6.45) is 1.51. The summed E-state index contributed by atoms with van der Waals surface area (Å²) in [5, 5.41) is 13.6. The third-order valence-electron chi connectivity index (χ3n) is 1.96. The molecule has 6 heteroatoms. The monoisotopic (exact) mass is 230 g/mol. The molecular formula is C10H18N2O4. The maximum absolute atomic E-state index is 11.3. The van der Waals surface area contributed by atoms with Crippen LogP contribution in [0.3, 0.4) is 0 Å². The Bertz CT molecular complexity index is 255. The zero-order valence-corrected chi connectivity index (χ0v) is 9.53. The molecule has 0 spiro atoms. The lowest BCUT2D eigenvalue weighted by Crippen LogP contribution is -2.47. The summed E-state index contributed by atoms with van der Waals surface area (Å²) >= 11 is 0. The highest BCUT2D eigenvalue weighted by Crippen LogP contribution is 1.93. The van der Waals surface area contributed by atoms with Crippen LogP contribution in [0.1, 0.15) is 13.3 Å². The Kier molecular flexibility index (Phi) is 6.95. The summed E-state index contributed by atoms with van der Waals surface area (Å²) in [4.78, 5) is 22.0. The van der Waals surface area contributed by atoms with E-state index in [4.69, 9.17) is 9.84 Å². The van der Waals surface area contributed by atoms with Gasteiger partial charge in [0.1, 0.15) is 6.04 Å². The second kappa shape index (κ2) is 7.70. The number of aliphatic carboxylic acids is 1. The van der Waals surface area contributed by atoms with Crippen LogP contribution in [0.2, 0.25) is 0 Å². The molecular weight excluding hydrogens is 212 g/mol. The molecule has 0 heterocycles. The fourth-order valence-corrected chi connectivity index (χ4v) is 0.917. The van der Waals surface area contributed by atoms with Crippen molar-refractivity contribution >= 4 is 12.0 Å². The van der Waals surface area contributed by atoms with Gasteiger partial charge in [-0.15, -0.1) is 6.58 Å². The van der Waals surface area contributed by atoms with Crippen LogP contribution in [0, 0.1) is 0 Å². The van der Waals surface area contributed by atoms with Gasteiger partial charge in [-0.05, 0) is 13.3 Å². The molecule has 0 aromatic heterocycles. The van der Waals surface area contributed by atoms with Gasteiger partial charge in [0.25, 0.3) is 0 Å². The molecule has 0 fully saturated rings. The average Bonchev–Trinajstić information content (AvgIpc) is 2.25. The molecule has 0 aliphatic carbocycles. The number of hydrogen-bond donors (Lipinski definition) is 3. The number of ether oxygens (including phenoxy) is 1. The predicted molar refractivity (Wildman–Crippen MR) is 59.2 cm³/mol. The van der Waals surface area contributed by atoms with Crippen LogP contribution in [0.25, 0.3) is 0 Å². The summed E-state index contributed by atoms with van der Waals surface area (Å²) in [6.45, 7) is 5.54. The van der Waals surface area contributed by atoms with E-state index >= 15 is 0 Å². The minimum atomic E-state index is -1.09. The van der Waals surface area contributed by atoms with Crippen molar-refractivity contribution in [3.8, 4) is 0 Å². The number of nitrogens with one attached hydrogen (secondary N) is 2. The van der Waals surface area contributed by atoms with Crippen LogP contribution < -0.4 is 10.6 Å². The summed E-state index contributed by atoms with van der Waals surface area (Å²) < 4.78 is 4.93. The van der Waals surface area contributed by atoms with E-state index in [1.165, 1.54) is 13.2 Å². The van der Waals surface area contributed by atoms with Gasteiger partial charge in [0.15, 0.2) is 0 Å². The van der Waals surface area contributed by atoms with E-state index in [0.717, 1.165) is 0 Å². The van der Waals surface area contributed by atoms with Gasteiger partial charge < -0.3 is 20.5 Å². The highest BCUT2D eigenvalue weighted by atomic mass is 16.5. The van der Waals surface area contributed by atoms with Crippen molar-refractivity contribution in [3.05, 3.63) is 12.7 Å². The van der Waals surface area contributed by atoms with Gasteiger partial charge in [0, 0.05) is 13.7 Å². The lowest BCUT2D eigenvalue weighted by atomic mass is 10.2. The normalized spacial score (nSPS) is 13.6. The molecule has 0 radical (unpaired) electrons. The van der Waals surface area contributed by atoms with Gasteiger partial charge in [-0.3, -0.25) is 0 Å². The molecule has 0 aromatic rings. The van der Waals surface area contributed by atoms with Crippen molar-refractivity contribution < 1.29 is 19.4 Å². The van der Waals surface area contributed by atoms with Crippen LogP contribution in [0.15, 0.2) is 12.7 Å². The van der Waals surface area contributed by atoms with Gasteiger partial charge in [0.05, 0.1) is 6.10 Å². The van der Waals surface area contributed by atoms with Gasteiger partial charge in [-0.1, -0.05) is 6.08 Å². The number of methoxy groups -OCH3 is 1. The first-order chi connectivity index (χ1) is 7.51. The first-order valence-corrected chi connectivity index (χ1v) is 4.92. The Balaban J connectivity index is 4.00. The zero-order chi connectivity index (χ0) is 12.6. The predicted octanol–water partition coefficient (Wildman–Crippen LogP) is 0.350. The Morgan fingerprint density at radius 3 is 2.62 bits per heavy atom. The summed E-state index contributed by atoms with van der Waals surface area (Å²) in [6, 6.07) is -1.48. The maximum atomic E-state index is 11.3. The SMILES string of the molecule is C=CCC(NC(=O)NCC(C)OC)C(=O)O. The number of amides is 2. The third-order valence-corrected chi connectivity index (χ3v) is 1.96. The molecule has 6 nitrogen and oxygen atoms in total. The average molecular weight is 230 g/mol. The Morgan fingerprint density at radius 1 is 1.56 bits per heavy atom. The highest BCUT2D eigenvalue weighted by Gasteiger charge is 2.17. The Labute approximate surface area is 94.7 Å². The van der Waals surface area contributed by atoms with Crippen LogP contribution in [0.4, 0.5) is 4.79 Å². The second-order valence-electron chi connectivity index (χ2n) is 3.32. The molecule has 2 atom stereocenters. The van der Waals surface area contributed by atoms with Crippen molar-refractivity contribution in [1.82, 2.24) is 10.6 Å². The van der Waals surface area contributed by atoms with E-state index in [0.29, 0.717) is 6.54 Å². The number of carboxylic acid groups (broad SMARTS) is 1. The van der Waals surface area contributed by atoms with Gasteiger partial charge in [0.2, 0.25) is 0 Å². The summed E-state index contributed by atoms with van der Waals surface area (Å²) in [7, 11) is 1.53. The summed E-state index contributed by atoms with van der Waals surface area (Å²) in [5.41, 5.74) is 0. The van der Waals surface area contributed by atoms with Crippen molar-refractivity contribution in [1.29, 1.82) is 0 Å². The Hall–Kier alpha value is -1.56. The minimum absolute atomic E-state index is 0.117. The van der Waals surface area contributed by atoms with Gasteiger partial charge in [-0.25, -0.2) is 9.59 Å².